The van der Waals surface area contributed by atoms with E-state index in [9.17, 15) is 0 Å². The molecule has 112 valence electrons. The molecule has 21 heavy (non-hydrogen) atoms. The van der Waals surface area contributed by atoms with Gasteiger partial charge in [0.15, 0.2) is 0 Å². The van der Waals surface area contributed by atoms with Crippen molar-refractivity contribution < 1.29 is 14.2 Å². The van der Waals surface area contributed by atoms with Gasteiger partial charge < -0.3 is 14.2 Å². The van der Waals surface area contributed by atoms with Crippen LogP contribution in [0.5, 0.6) is 0 Å². The number of benzene rings is 2. The highest BCUT2D eigenvalue weighted by Gasteiger charge is 2.14. The van der Waals surface area contributed by atoms with Crippen LogP contribution in [0.2, 0.25) is 0 Å². The first-order chi connectivity index (χ1) is 10.3. The Hall–Kier alpha value is -1.68. The zero-order valence-electron chi connectivity index (χ0n) is 12.9. The molecule has 0 atom stereocenters. The Balaban J connectivity index is 2.57. The van der Waals surface area contributed by atoms with E-state index in [0.717, 1.165) is 11.1 Å². The van der Waals surface area contributed by atoms with E-state index >= 15 is 0 Å². The molecule has 0 aliphatic rings. The van der Waals surface area contributed by atoms with Gasteiger partial charge in [0.2, 0.25) is 0 Å². The average molecular weight is 286 g/mol. The van der Waals surface area contributed by atoms with Gasteiger partial charge in [-0.3, -0.25) is 0 Å². The Morgan fingerprint density at radius 2 is 1.29 bits per heavy atom. The van der Waals surface area contributed by atoms with Crippen molar-refractivity contribution in [3.8, 4) is 11.1 Å². The van der Waals surface area contributed by atoms with Crippen molar-refractivity contribution in [1.82, 2.24) is 0 Å². The van der Waals surface area contributed by atoms with Crippen LogP contribution in [0.15, 0.2) is 42.5 Å². The second-order valence-electron chi connectivity index (χ2n) is 4.89. The lowest BCUT2D eigenvalue weighted by Crippen LogP contribution is -2.06. The largest absolute Gasteiger partial charge is 0.380 e. The molecule has 0 bridgehead atoms. The van der Waals surface area contributed by atoms with Crippen molar-refractivity contribution >= 4 is 0 Å². The maximum absolute atomic E-state index is 5.41. The van der Waals surface area contributed by atoms with Crippen LogP contribution < -0.4 is 0 Å². The lowest BCUT2D eigenvalue weighted by Gasteiger charge is -2.18. The summed E-state index contributed by atoms with van der Waals surface area (Å²) in [4.78, 5) is 0. The van der Waals surface area contributed by atoms with Crippen molar-refractivity contribution in [2.45, 2.75) is 19.8 Å². The molecule has 0 saturated carbocycles. The molecule has 0 heterocycles. The summed E-state index contributed by atoms with van der Waals surface area (Å²) in [6.45, 7) is 1.68. The molecular weight excluding hydrogens is 264 g/mol. The molecule has 0 fully saturated rings. The van der Waals surface area contributed by atoms with Crippen LogP contribution in [0.4, 0.5) is 0 Å². The third kappa shape index (κ3) is 3.70. The van der Waals surface area contributed by atoms with E-state index in [1.165, 1.54) is 16.7 Å². The minimum atomic E-state index is 0.554. The third-order valence-corrected chi connectivity index (χ3v) is 3.49. The molecule has 0 N–H and O–H groups in total. The zero-order valence-corrected chi connectivity index (χ0v) is 12.9. The van der Waals surface area contributed by atoms with E-state index in [1.54, 1.807) is 21.3 Å². The molecule has 0 amide bonds. The van der Waals surface area contributed by atoms with Crippen LogP contribution >= 0.6 is 0 Å². The summed E-state index contributed by atoms with van der Waals surface area (Å²) in [6, 6.07) is 14.6. The lowest BCUT2D eigenvalue weighted by atomic mass is 9.92. The van der Waals surface area contributed by atoms with Gasteiger partial charge in [0, 0.05) is 21.3 Å². The second-order valence-corrected chi connectivity index (χ2v) is 4.89. The van der Waals surface area contributed by atoms with Crippen LogP contribution in [0.1, 0.15) is 16.7 Å². The first-order valence-electron chi connectivity index (χ1n) is 6.97. The Morgan fingerprint density at radius 3 is 1.90 bits per heavy atom. The van der Waals surface area contributed by atoms with E-state index < -0.39 is 0 Å². The predicted octanol–water partition coefficient (Wildman–Crippen LogP) is 3.79. The molecule has 0 saturated heterocycles. The summed E-state index contributed by atoms with van der Waals surface area (Å²) >= 11 is 0. The van der Waals surface area contributed by atoms with Gasteiger partial charge in [0.05, 0.1) is 19.8 Å². The fourth-order valence-electron chi connectivity index (χ4n) is 2.55. The van der Waals surface area contributed by atoms with Gasteiger partial charge in [-0.1, -0.05) is 42.5 Å². The zero-order chi connectivity index (χ0) is 15.1. The molecule has 2 aromatic rings. The molecule has 0 aromatic heterocycles. The van der Waals surface area contributed by atoms with Crippen molar-refractivity contribution in [3.63, 3.8) is 0 Å². The second kappa shape index (κ2) is 7.93. The monoisotopic (exact) mass is 286 g/mol. The van der Waals surface area contributed by atoms with Gasteiger partial charge in [-0.05, 0) is 27.8 Å². The fourth-order valence-corrected chi connectivity index (χ4v) is 2.55. The van der Waals surface area contributed by atoms with Crippen LogP contribution in [0.25, 0.3) is 11.1 Å². The maximum atomic E-state index is 5.41. The first-order valence-corrected chi connectivity index (χ1v) is 6.97. The van der Waals surface area contributed by atoms with E-state index in [4.69, 9.17) is 14.2 Å². The molecule has 0 spiro atoms. The number of methoxy groups -OCH3 is 3. The van der Waals surface area contributed by atoms with Gasteiger partial charge in [-0.15, -0.1) is 0 Å². The Labute approximate surface area is 126 Å². The lowest BCUT2D eigenvalue weighted by molar-refractivity contribution is 0.159. The topological polar surface area (TPSA) is 27.7 Å². The quantitative estimate of drug-likeness (QED) is 0.775. The molecule has 0 radical (unpaired) electrons. The van der Waals surface area contributed by atoms with E-state index in [2.05, 4.69) is 24.3 Å². The van der Waals surface area contributed by atoms with E-state index in [0.29, 0.717) is 19.8 Å². The standard InChI is InChI=1S/C18H22O3/c1-19-11-15-9-10-16(14-7-5-4-6-8-14)18(13-21-3)17(15)12-20-2/h4-10H,11-13H2,1-3H3. The molecular formula is C18H22O3. The minimum Gasteiger partial charge on any atom is -0.380 e. The summed E-state index contributed by atoms with van der Waals surface area (Å²) in [5, 5.41) is 0. The third-order valence-electron chi connectivity index (χ3n) is 3.49. The smallest absolute Gasteiger partial charge is 0.0722 e. The van der Waals surface area contributed by atoms with Crippen LogP contribution in [0, 0.1) is 0 Å². The van der Waals surface area contributed by atoms with Gasteiger partial charge >= 0.3 is 0 Å². The number of ether oxygens (including phenoxy) is 3. The summed E-state index contributed by atoms with van der Waals surface area (Å²) in [6.07, 6.45) is 0. The Morgan fingerprint density at radius 1 is 0.667 bits per heavy atom. The number of rotatable bonds is 7. The molecule has 2 aromatic carbocycles. The van der Waals surface area contributed by atoms with Gasteiger partial charge in [0.1, 0.15) is 0 Å². The Kier molecular flexibility index (Phi) is 5.93. The molecule has 0 aliphatic carbocycles. The molecule has 0 aliphatic heterocycles. The maximum Gasteiger partial charge on any atom is 0.0722 e. The van der Waals surface area contributed by atoms with Crippen molar-refractivity contribution in [1.29, 1.82) is 0 Å². The molecule has 2 rings (SSSR count). The van der Waals surface area contributed by atoms with Crippen molar-refractivity contribution in [2.24, 2.45) is 0 Å². The normalized spacial score (nSPS) is 10.8. The molecule has 3 nitrogen and oxygen atoms in total. The molecule has 3 heteroatoms. The fraction of sp³-hybridized carbons (Fsp3) is 0.333. The average Bonchev–Trinajstić information content (AvgIpc) is 2.52. The minimum absolute atomic E-state index is 0.554. The highest BCUT2D eigenvalue weighted by Crippen LogP contribution is 2.30. The van der Waals surface area contributed by atoms with Gasteiger partial charge in [0.25, 0.3) is 0 Å². The van der Waals surface area contributed by atoms with Crippen molar-refractivity contribution in [3.05, 3.63) is 59.2 Å². The van der Waals surface area contributed by atoms with Crippen LogP contribution in [0.3, 0.4) is 0 Å². The van der Waals surface area contributed by atoms with E-state index in [-0.39, 0.29) is 0 Å². The van der Waals surface area contributed by atoms with Crippen LogP contribution in [-0.4, -0.2) is 21.3 Å². The summed E-state index contributed by atoms with van der Waals surface area (Å²) < 4.78 is 16.1. The van der Waals surface area contributed by atoms with Gasteiger partial charge in [-0.25, -0.2) is 0 Å². The SMILES string of the molecule is COCc1ccc(-c2ccccc2)c(COC)c1COC. The summed E-state index contributed by atoms with van der Waals surface area (Å²) in [5.74, 6) is 0. The first kappa shape index (κ1) is 15.7. The molecule has 0 unspecified atom stereocenters. The highest BCUT2D eigenvalue weighted by atomic mass is 16.5. The van der Waals surface area contributed by atoms with Gasteiger partial charge in [-0.2, -0.15) is 0 Å². The Bertz CT molecular complexity index is 564. The van der Waals surface area contributed by atoms with E-state index in [1.807, 2.05) is 18.2 Å². The number of hydrogen-bond acceptors (Lipinski definition) is 3. The highest BCUT2D eigenvalue weighted by molar-refractivity contribution is 5.69. The summed E-state index contributed by atoms with van der Waals surface area (Å²) in [7, 11) is 5.13. The number of hydrogen-bond donors (Lipinski definition) is 0. The predicted molar refractivity (Wildman–Crippen MR) is 84.0 cm³/mol. The summed E-state index contributed by atoms with van der Waals surface area (Å²) in [5.41, 5.74) is 5.84. The van der Waals surface area contributed by atoms with Crippen molar-refractivity contribution in [2.75, 3.05) is 21.3 Å². The van der Waals surface area contributed by atoms with Crippen LogP contribution in [-0.2, 0) is 34.0 Å².